The van der Waals surface area contributed by atoms with Crippen LogP contribution in [0, 0.1) is 10.8 Å². The minimum Gasteiger partial charge on any atom is -0.231 e. The van der Waals surface area contributed by atoms with Gasteiger partial charge in [0.05, 0.1) is 15.9 Å². The molecule has 2 nitrogen and oxygen atoms in total. The van der Waals surface area contributed by atoms with Gasteiger partial charge in [-0.3, -0.25) is 0 Å². The largest absolute Gasteiger partial charge is 0.231 e. The average Bonchev–Trinajstić information content (AvgIpc) is 3.28. The van der Waals surface area contributed by atoms with E-state index >= 15 is 0 Å². The van der Waals surface area contributed by atoms with Crippen LogP contribution in [0.25, 0.3) is 25.9 Å². The number of allylic oxidation sites excluding steroid dienone is 6. The molecule has 198 valence electrons. The summed E-state index contributed by atoms with van der Waals surface area (Å²) in [5, 5.41) is 1.22. The van der Waals surface area contributed by atoms with Crippen LogP contribution in [-0.4, -0.2) is 15.7 Å². The van der Waals surface area contributed by atoms with Crippen molar-refractivity contribution >= 4 is 49.0 Å². The second kappa shape index (κ2) is 12.6. The van der Waals surface area contributed by atoms with E-state index in [1.165, 1.54) is 26.9 Å². The van der Waals surface area contributed by atoms with Crippen LogP contribution < -0.4 is 0 Å². The highest BCUT2D eigenvalue weighted by molar-refractivity contribution is 8.03. The molecule has 0 bridgehead atoms. The Balaban J connectivity index is 0.00000186. The van der Waals surface area contributed by atoms with Gasteiger partial charge >= 0.3 is 0 Å². The molecule has 0 fully saturated rings. The van der Waals surface area contributed by atoms with E-state index in [2.05, 4.69) is 96.7 Å². The molecule has 1 aliphatic carbocycles. The van der Waals surface area contributed by atoms with Gasteiger partial charge in [0.25, 0.3) is 0 Å². The highest BCUT2D eigenvalue weighted by Crippen LogP contribution is 2.43. The molecule has 0 radical (unpaired) electrons. The molecule has 1 unspecified atom stereocenters. The zero-order valence-electron chi connectivity index (χ0n) is 24.0. The van der Waals surface area contributed by atoms with Gasteiger partial charge in [-0.05, 0) is 49.2 Å². The molecular formula is C33H44N2S2. The first-order valence-electron chi connectivity index (χ1n) is 13.6. The first-order chi connectivity index (χ1) is 17.6. The first-order valence-corrected chi connectivity index (χ1v) is 15.4. The smallest absolute Gasteiger partial charge is 0.159 e. The standard InChI is InChI=1S/C31H38N2S2.C2H6/c1-8-21(19-23(9-2)34-20-31(6,7)30(3,4)5)29-32-26(22-15-11-10-12-16-22)28-27(33-29)24-17-13-14-18-25(24)35-28;1-2/h8-9,11,13-15,17-19,22H,2,10,12,16,20H2,1,3-7H3;1-2H3/b21-8+,23-19+;. The maximum Gasteiger partial charge on any atom is 0.159 e. The van der Waals surface area contributed by atoms with Crippen molar-refractivity contribution in [3.05, 3.63) is 77.6 Å². The van der Waals surface area contributed by atoms with Gasteiger partial charge in [0.15, 0.2) is 5.82 Å². The van der Waals surface area contributed by atoms with Crippen molar-refractivity contribution in [1.29, 1.82) is 0 Å². The van der Waals surface area contributed by atoms with Crippen molar-refractivity contribution in [3.8, 4) is 0 Å². The number of hydrogen-bond acceptors (Lipinski definition) is 4. The molecule has 0 N–H and O–H groups in total. The zero-order valence-corrected chi connectivity index (χ0v) is 25.7. The summed E-state index contributed by atoms with van der Waals surface area (Å²) < 4.78 is 2.51. The van der Waals surface area contributed by atoms with Crippen LogP contribution in [-0.2, 0) is 0 Å². The molecule has 1 aromatic carbocycles. The minimum atomic E-state index is 0.196. The van der Waals surface area contributed by atoms with Crippen molar-refractivity contribution in [2.45, 2.75) is 80.6 Å². The van der Waals surface area contributed by atoms with Crippen molar-refractivity contribution in [1.82, 2.24) is 9.97 Å². The van der Waals surface area contributed by atoms with E-state index in [1.807, 2.05) is 43.0 Å². The summed E-state index contributed by atoms with van der Waals surface area (Å²) in [6, 6.07) is 8.60. The van der Waals surface area contributed by atoms with Gasteiger partial charge in [-0.25, -0.2) is 9.97 Å². The fourth-order valence-corrected chi connectivity index (χ4v) is 6.59. The molecule has 0 amide bonds. The number of fused-ring (bicyclic) bond motifs is 3. The van der Waals surface area contributed by atoms with Gasteiger partial charge in [-0.2, -0.15) is 0 Å². The minimum absolute atomic E-state index is 0.196. The van der Waals surface area contributed by atoms with Crippen molar-refractivity contribution in [3.63, 3.8) is 0 Å². The maximum absolute atomic E-state index is 5.22. The molecule has 2 aromatic heterocycles. The summed E-state index contributed by atoms with van der Waals surface area (Å²) in [6.45, 7) is 21.8. The molecule has 0 aliphatic heterocycles. The van der Waals surface area contributed by atoms with Crippen molar-refractivity contribution in [2.24, 2.45) is 10.8 Å². The lowest BCUT2D eigenvalue weighted by Crippen LogP contribution is -2.31. The summed E-state index contributed by atoms with van der Waals surface area (Å²) in [4.78, 5) is 11.5. The second-order valence-corrected chi connectivity index (χ2v) is 13.2. The molecule has 4 rings (SSSR count). The van der Waals surface area contributed by atoms with Crippen LogP contribution in [0.5, 0.6) is 0 Å². The Morgan fingerprint density at radius 1 is 1.14 bits per heavy atom. The monoisotopic (exact) mass is 532 g/mol. The molecule has 0 spiro atoms. The molecule has 0 saturated heterocycles. The first kappa shape index (κ1) is 29.4. The molecule has 1 aliphatic rings. The summed E-state index contributed by atoms with van der Waals surface area (Å²) in [7, 11) is 0. The Labute approximate surface area is 233 Å². The Bertz CT molecular complexity index is 1320. The van der Waals surface area contributed by atoms with Gasteiger partial charge in [-0.15, -0.1) is 23.1 Å². The number of aromatic nitrogens is 2. The van der Waals surface area contributed by atoms with Crippen LogP contribution in [0.1, 0.15) is 92.1 Å². The summed E-state index contributed by atoms with van der Waals surface area (Å²) >= 11 is 3.70. The number of thiophene rings is 1. The van der Waals surface area contributed by atoms with Gasteiger partial charge in [0.2, 0.25) is 0 Å². The van der Waals surface area contributed by atoms with E-state index in [9.17, 15) is 0 Å². The van der Waals surface area contributed by atoms with Crippen LogP contribution >= 0.6 is 23.1 Å². The lowest BCUT2D eigenvalue weighted by atomic mass is 9.71. The number of benzene rings is 1. The molecule has 0 saturated carbocycles. The number of hydrogen-bond donors (Lipinski definition) is 0. The summed E-state index contributed by atoms with van der Waals surface area (Å²) in [5.74, 6) is 2.19. The quantitative estimate of drug-likeness (QED) is 0.223. The third-order valence-electron chi connectivity index (χ3n) is 7.55. The maximum atomic E-state index is 5.22. The molecule has 3 aromatic rings. The second-order valence-electron chi connectivity index (χ2n) is 11.1. The van der Waals surface area contributed by atoms with Gasteiger partial charge in [0, 0.05) is 32.2 Å². The van der Waals surface area contributed by atoms with Gasteiger partial charge < -0.3 is 0 Å². The van der Waals surface area contributed by atoms with E-state index in [4.69, 9.17) is 9.97 Å². The fraction of sp³-hybridized carbons (Fsp3) is 0.455. The molecule has 37 heavy (non-hydrogen) atoms. The molecule has 1 atom stereocenters. The summed E-state index contributed by atoms with van der Waals surface area (Å²) in [6.07, 6.45) is 14.5. The third kappa shape index (κ3) is 6.64. The zero-order chi connectivity index (χ0) is 27.2. The Morgan fingerprint density at radius 2 is 1.86 bits per heavy atom. The Hall–Kier alpha value is -2.17. The van der Waals surface area contributed by atoms with Crippen LogP contribution in [0.4, 0.5) is 0 Å². The summed E-state index contributed by atoms with van der Waals surface area (Å²) in [5.41, 5.74) is 3.74. The van der Waals surface area contributed by atoms with E-state index < -0.39 is 0 Å². The van der Waals surface area contributed by atoms with Gasteiger partial charge in [-0.1, -0.05) is 97.5 Å². The number of rotatable bonds is 7. The lowest BCUT2D eigenvalue weighted by Gasteiger charge is -2.38. The topological polar surface area (TPSA) is 25.8 Å². The SMILES string of the molecule is C=C/C(=C\C(=C/C)c1nc(C2C=CCCC2)c2sc3ccccc3c2n1)SCC(C)(C)C(C)(C)C.CC. The van der Waals surface area contributed by atoms with Gasteiger partial charge in [0.1, 0.15) is 0 Å². The fourth-order valence-electron chi connectivity index (χ4n) is 4.10. The van der Waals surface area contributed by atoms with E-state index in [1.54, 1.807) is 0 Å². The normalized spacial score (nSPS) is 17.1. The van der Waals surface area contributed by atoms with E-state index in [-0.39, 0.29) is 10.8 Å². The predicted octanol–water partition coefficient (Wildman–Crippen LogP) is 11.0. The van der Waals surface area contributed by atoms with Crippen molar-refractivity contribution in [2.75, 3.05) is 5.75 Å². The van der Waals surface area contributed by atoms with Crippen LogP contribution in [0.3, 0.4) is 0 Å². The Morgan fingerprint density at radius 3 is 2.49 bits per heavy atom. The number of thioether (sulfide) groups is 1. The highest BCUT2D eigenvalue weighted by Gasteiger charge is 2.32. The van der Waals surface area contributed by atoms with Crippen LogP contribution in [0.2, 0.25) is 0 Å². The van der Waals surface area contributed by atoms with Crippen LogP contribution in [0.15, 0.2) is 66.1 Å². The average molecular weight is 533 g/mol. The number of nitrogens with zero attached hydrogens (tertiary/aromatic N) is 2. The molecular weight excluding hydrogens is 489 g/mol. The predicted molar refractivity (Wildman–Crippen MR) is 170 cm³/mol. The lowest BCUT2D eigenvalue weighted by molar-refractivity contribution is 0.163. The van der Waals surface area contributed by atoms with E-state index in [0.717, 1.165) is 40.4 Å². The third-order valence-corrected chi connectivity index (χ3v) is 10.2. The van der Waals surface area contributed by atoms with E-state index in [0.29, 0.717) is 5.92 Å². The molecule has 4 heteroatoms. The van der Waals surface area contributed by atoms with Crippen molar-refractivity contribution < 1.29 is 0 Å². The Kier molecular flexibility index (Phi) is 9.99. The molecule has 2 heterocycles. The highest BCUT2D eigenvalue weighted by atomic mass is 32.2.